The van der Waals surface area contributed by atoms with Crippen molar-refractivity contribution < 1.29 is 9.53 Å². The first kappa shape index (κ1) is 19.8. The largest absolute Gasteiger partial charge is 0.493 e. The van der Waals surface area contributed by atoms with E-state index in [0.29, 0.717) is 11.6 Å². The number of hydrogen-bond donors (Lipinski definition) is 2. The second-order valence-corrected chi connectivity index (χ2v) is 6.91. The summed E-state index contributed by atoms with van der Waals surface area (Å²) in [7, 11) is 0. The molecule has 0 unspecified atom stereocenters. The average molecular weight is 395 g/mol. The number of benzene rings is 3. The molecule has 0 atom stereocenters. The van der Waals surface area contributed by atoms with Crippen LogP contribution in [0, 0.1) is 6.92 Å². The third-order valence-corrected chi connectivity index (χ3v) is 4.52. The van der Waals surface area contributed by atoms with Crippen LogP contribution in [-0.4, -0.2) is 19.1 Å². The van der Waals surface area contributed by atoms with Gasteiger partial charge in [0, 0.05) is 22.8 Å². The van der Waals surface area contributed by atoms with Crippen LogP contribution in [0.3, 0.4) is 0 Å². The molecular weight excluding hydrogens is 372 g/mol. The lowest BCUT2D eigenvalue weighted by molar-refractivity contribution is -0.114. The highest BCUT2D eigenvalue weighted by Crippen LogP contribution is 2.20. The first-order valence-corrected chi connectivity index (χ1v) is 9.54. The molecule has 0 spiro atoms. The van der Waals surface area contributed by atoms with Gasteiger partial charge in [0.25, 0.3) is 0 Å². The summed E-state index contributed by atoms with van der Waals surface area (Å²) in [6.07, 6.45) is 0.865. The molecule has 0 aliphatic heterocycles. The molecular formula is C23H23ClN2O2. The molecule has 0 bridgehead atoms. The van der Waals surface area contributed by atoms with Crippen LogP contribution in [0.25, 0.3) is 0 Å². The fourth-order valence-electron chi connectivity index (χ4n) is 2.71. The number of nitrogens with one attached hydrogen (secondary N) is 2. The number of anilines is 2. The van der Waals surface area contributed by atoms with Crippen molar-refractivity contribution in [3.8, 4) is 5.75 Å². The summed E-state index contributed by atoms with van der Waals surface area (Å²) < 4.78 is 5.77. The van der Waals surface area contributed by atoms with Crippen molar-refractivity contribution in [3.05, 3.63) is 88.9 Å². The summed E-state index contributed by atoms with van der Waals surface area (Å²) in [5.41, 5.74) is 3.80. The van der Waals surface area contributed by atoms with E-state index in [1.165, 1.54) is 5.56 Å². The van der Waals surface area contributed by atoms with Crippen molar-refractivity contribution in [2.24, 2.45) is 0 Å². The molecule has 3 aromatic rings. The van der Waals surface area contributed by atoms with Gasteiger partial charge >= 0.3 is 0 Å². The fraction of sp³-hybridized carbons (Fsp3) is 0.174. The standard InChI is InChI=1S/C23H23ClN2O2/c1-17-7-8-19(24)15-22(17)26-23(27)16-25-20-9-11-21(12-10-20)28-14-13-18-5-3-2-4-6-18/h2-12,15,25H,13-14,16H2,1H3,(H,26,27). The Morgan fingerprint density at radius 2 is 1.75 bits per heavy atom. The van der Waals surface area contributed by atoms with Crippen molar-refractivity contribution in [2.75, 3.05) is 23.8 Å². The van der Waals surface area contributed by atoms with Crippen LogP contribution in [0.4, 0.5) is 11.4 Å². The van der Waals surface area contributed by atoms with E-state index in [0.717, 1.165) is 29.1 Å². The second-order valence-electron chi connectivity index (χ2n) is 6.47. The predicted octanol–water partition coefficient (Wildman–Crippen LogP) is 5.32. The quantitative estimate of drug-likeness (QED) is 0.543. The molecule has 4 nitrogen and oxygen atoms in total. The first-order valence-electron chi connectivity index (χ1n) is 9.17. The van der Waals surface area contributed by atoms with Gasteiger partial charge in [-0.1, -0.05) is 48.0 Å². The Balaban J connectivity index is 1.43. The van der Waals surface area contributed by atoms with Crippen LogP contribution in [-0.2, 0) is 11.2 Å². The molecule has 0 radical (unpaired) electrons. The molecule has 5 heteroatoms. The zero-order chi connectivity index (χ0) is 19.8. The summed E-state index contributed by atoms with van der Waals surface area (Å²) in [6.45, 7) is 2.72. The molecule has 3 rings (SSSR count). The van der Waals surface area contributed by atoms with Gasteiger partial charge in [-0.3, -0.25) is 4.79 Å². The number of hydrogen-bond acceptors (Lipinski definition) is 3. The summed E-state index contributed by atoms with van der Waals surface area (Å²) in [6, 6.07) is 23.3. The second kappa shape index (κ2) is 9.81. The van der Waals surface area contributed by atoms with Gasteiger partial charge in [0.2, 0.25) is 5.91 Å². The number of rotatable bonds is 8. The average Bonchev–Trinajstić information content (AvgIpc) is 2.71. The Morgan fingerprint density at radius 1 is 1.00 bits per heavy atom. The smallest absolute Gasteiger partial charge is 0.243 e. The highest BCUT2D eigenvalue weighted by Gasteiger charge is 2.06. The van der Waals surface area contributed by atoms with E-state index in [2.05, 4.69) is 22.8 Å². The molecule has 2 N–H and O–H groups in total. The molecule has 0 heterocycles. The lowest BCUT2D eigenvalue weighted by Gasteiger charge is -2.11. The number of ether oxygens (including phenoxy) is 1. The number of halogens is 1. The Morgan fingerprint density at radius 3 is 2.50 bits per heavy atom. The highest BCUT2D eigenvalue weighted by atomic mass is 35.5. The van der Waals surface area contributed by atoms with Gasteiger partial charge in [-0.15, -0.1) is 0 Å². The zero-order valence-electron chi connectivity index (χ0n) is 15.7. The number of carbonyl (C=O) groups is 1. The first-order chi connectivity index (χ1) is 13.6. The Kier molecular flexibility index (Phi) is 6.93. The normalized spacial score (nSPS) is 10.4. The van der Waals surface area contributed by atoms with Gasteiger partial charge in [-0.2, -0.15) is 0 Å². The van der Waals surface area contributed by atoms with Crippen LogP contribution < -0.4 is 15.4 Å². The third kappa shape index (κ3) is 6.03. The maximum atomic E-state index is 12.2. The summed E-state index contributed by atoms with van der Waals surface area (Å²) in [4.78, 5) is 12.2. The maximum Gasteiger partial charge on any atom is 0.243 e. The van der Waals surface area contributed by atoms with Crippen molar-refractivity contribution >= 4 is 28.9 Å². The monoisotopic (exact) mass is 394 g/mol. The van der Waals surface area contributed by atoms with Crippen LogP contribution >= 0.6 is 11.6 Å². The summed E-state index contributed by atoms with van der Waals surface area (Å²) in [5, 5.41) is 6.57. The van der Waals surface area contributed by atoms with Crippen molar-refractivity contribution in [3.63, 3.8) is 0 Å². The fourth-order valence-corrected chi connectivity index (χ4v) is 2.88. The van der Waals surface area contributed by atoms with E-state index in [1.807, 2.05) is 55.5 Å². The molecule has 144 valence electrons. The Bertz CT molecular complexity index is 912. The van der Waals surface area contributed by atoms with Gasteiger partial charge in [0.05, 0.1) is 13.2 Å². The van der Waals surface area contributed by atoms with Crippen LogP contribution in [0.15, 0.2) is 72.8 Å². The zero-order valence-corrected chi connectivity index (χ0v) is 16.5. The molecule has 0 aromatic heterocycles. The number of carbonyl (C=O) groups excluding carboxylic acids is 1. The van der Waals surface area contributed by atoms with Crippen molar-refractivity contribution in [2.45, 2.75) is 13.3 Å². The highest BCUT2D eigenvalue weighted by molar-refractivity contribution is 6.31. The van der Waals surface area contributed by atoms with Crippen LogP contribution in [0.2, 0.25) is 5.02 Å². The van der Waals surface area contributed by atoms with Gasteiger partial charge in [0.15, 0.2) is 0 Å². The molecule has 0 aliphatic rings. The molecule has 3 aromatic carbocycles. The molecule has 0 fully saturated rings. The van der Waals surface area contributed by atoms with E-state index in [4.69, 9.17) is 16.3 Å². The van der Waals surface area contributed by atoms with Crippen molar-refractivity contribution in [1.29, 1.82) is 0 Å². The van der Waals surface area contributed by atoms with E-state index >= 15 is 0 Å². The Labute approximate surface area is 170 Å². The van der Waals surface area contributed by atoms with E-state index in [-0.39, 0.29) is 12.5 Å². The molecule has 0 saturated carbocycles. The molecule has 0 aliphatic carbocycles. The van der Waals surface area contributed by atoms with Crippen LogP contribution in [0.1, 0.15) is 11.1 Å². The van der Waals surface area contributed by atoms with E-state index in [1.54, 1.807) is 12.1 Å². The number of amides is 1. The minimum Gasteiger partial charge on any atom is -0.493 e. The molecule has 1 amide bonds. The minimum absolute atomic E-state index is 0.131. The molecule has 28 heavy (non-hydrogen) atoms. The maximum absolute atomic E-state index is 12.2. The van der Waals surface area contributed by atoms with E-state index < -0.39 is 0 Å². The van der Waals surface area contributed by atoms with Gasteiger partial charge in [0.1, 0.15) is 5.75 Å². The topological polar surface area (TPSA) is 50.4 Å². The Hall–Kier alpha value is -2.98. The number of aryl methyl sites for hydroxylation is 1. The lowest BCUT2D eigenvalue weighted by atomic mass is 10.2. The molecule has 0 saturated heterocycles. The third-order valence-electron chi connectivity index (χ3n) is 4.28. The minimum atomic E-state index is -0.131. The predicted molar refractivity (Wildman–Crippen MR) is 115 cm³/mol. The lowest BCUT2D eigenvalue weighted by Crippen LogP contribution is -2.22. The van der Waals surface area contributed by atoms with Gasteiger partial charge < -0.3 is 15.4 Å². The van der Waals surface area contributed by atoms with Gasteiger partial charge in [-0.05, 0) is 54.4 Å². The van der Waals surface area contributed by atoms with Crippen molar-refractivity contribution in [1.82, 2.24) is 0 Å². The van der Waals surface area contributed by atoms with Gasteiger partial charge in [-0.25, -0.2) is 0 Å². The summed E-state index contributed by atoms with van der Waals surface area (Å²) >= 11 is 5.98. The SMILES string of the molecule is Cc1ccc(Cl)cc1NC(=O)CNc1ccc(OCCc2ccccc2)cc1. The van der Waals surface area contributed by atoms with E-state index in [9.17, 15) is 4.79 Å². The van der Waals surface area contributed by atoms with Crippen LogP contribution in [0.5, 0.6) is 5.75 Å². The summed E-state index contributed by atoms with van der Waals surface area (Å²) in [5.74, 6) is 0.675.